The summed E-state index contributed by atoms with van der Waals surface area (Å²) in [5.74, 6) is 0.506. The number of hydrogen-bond acceptors (Lipinski definition) is 2. The standard InChI is InChI=1S/C22H23N3O2/c1-15-19(13-20(24(15)2)17-9-10-17)22(27)23-18-7-5-6-16(12-18)14-25-11-4-3-8-21(25)26/h3-8,11-13,17H,9-10,14H2,1-2H3,(H,23,27). The fraction of sp³-hybridized carbons (Fsp3) is 0.273. The van der Waals surface area contributed by atoms with E-state index in [1.807, 2.05) is 50.4 Å². The van der Waals surface area contributed by atoms with Gasteiger partial charge >= 0.3 is 0 Å². The van der Waals surface area contributed by atoms with E-state index in [2.05, 4.69) is 9.88 Å². The number of carbonyl (C=O) groups is 1. The van der Waals surface area contributed by atoms with Gasteiger partial charge in [0.2, 0.25) is 0 Å². The molecule has 1 N–H and O–H groups in total. The van der Waals surface area contributed by atoms with E-state index in [-0.39, 0.29) is 11.5 Å². The number of pyridine rings is 1. The fourth-order valence-corrected chi connectivity index (χ4v) is 3.46. The van der Waals surface area contributed by atoms with Gasteiger partial charge in [0.25, 0.3) is 11.5 Å². The van der Waals surface area contributed by atoms with Crippen LogP contribution in [0.2, 0.25) is 0 Å². The lowest BCUT2D eigenvalue weighted by molar-refractivity contribution is 0.102. The van der Waals surface area contributed by atoms with Crippen LogP contribution >= 0.6 is 0 Å². The van der Waals surface area contributed by atoms with Crippen molar-refractivity contribution in [1.29, 1.82) is 0 Å². The van der Waals surface area contributed by atoms with Crippen LogP contribution in [0.4, 0.5) is 5.69 Å². The van der Waals surface area contributed by atoms with Gasteiger partial charge in [-0.05, 0) is 55.5 Å². The van der Waals surface area contributed by atoms with Crippen LogP contribution in [0.25, 0.3) is 0 Å². The molecule has 1 aliphatic rings. The fourth-order valence-electron chi connectivity index (χ4n) is 3.46. The predicted octanol–water partition coefficient (Wildman–Crippen LogP) is 3.67. The van der Waals surface area contributed by atoms with E-state index >= 15 is 0 Å². The molecule has 1 amide bonds. The third kappa shape index (κ3) is 3.58. The zero-order valence-electron chi connectivity index (χ0n) is 15.6. The Morgan fingerprint density at radius 1 is 1.15 bits per heavy atom. The van der Waals surface area contributed by atoms with E-state index in [1.165, 1.54) is 18.5 Å². The van der Waals surface area contributed by atoms with Crippen LogP contribution in [0.5, 0.6) is 0 Å². The minimum atomic E-state index is -0.0935. The summed E-state index contributed by atoms with van der Waals surface area (Å²) in [6, 6.07) is 14.8. The molecule has 1 aromatic carbocycles. The third-order valence-electron chi connectivity index (χ3n) is 5.25. The zero-order chi connectivity index (χ0) is 19.0. The quantitative estimate of drug-likeness (QED) is 0.754. The number of aromatic nitrogens is 2. The van der Waals surface area contributed by atoms with Gasteiger partial charge < -0.3 is 14.5 Å². The second kappa shape index (κ2) is 6.91. The van der Waals surface area contributed by atoms with Crippen LogP contribution in [0.1, 0.15) is 46.1 Å². The molecule has 2 heterocycles. The number of nitrogens with zero attached hydrogens (tertiary/aromatic N) is 2. The molecular formula is C22H23N3O2. The average molecular weight is 361 g/mol. The number of benzene rings is 1. The molecular weight excluding hydrogens is 338 g/mol. The number of anilines is 1. The molecule has 1 fully saturated rings. The van der Waals surface area contributed by atoms with Crippen LogP contribution in [0.3, 0.4) is 0 Å². The molecule has 5 nitrogen and oxygen atoms in total. The van der Waals surface area contributed by atoms with E-state index in [0.717, 1.165) is 22.5 Å². The maximum atomic E-state index is 12.8. The van der Waals surface area contributed by atoms with Gasteiger partial charge in [-0.1, -0.05) is 18.2 Å². The number of hydrogen-bond donors (Lipinski definition) is 1. The Morgan fingerprint density at radius 2 is 1.96 bits per heavy atom. The summed E-state index contributed by atoms with van der Waals surface area (Å²) in [5.41, 5.74) is 4.61. The van der Waals surface area contributed by atoms with Gasteiger partial charge in [-0.2, -0.15) is 0 Å². The van der Waals surface area contributed by atoms with Gasteiger partial charge in [0, 0.05) is 36.4 Å². The Bertz CT molecular complexity index is 1060. The Labute approximate surface area is 158 Å². The molecule has 1 aliphatic carbocycles. The summed E-state index contributed by atoms with van der Waals surface area (Å²) in [6.45, 7) is 2.46. The van der Waals surface area contributed by atoms with Gasteiger partial charge in [-0.25, -0.2) is 0 Å². The SMILES string of the molecule is Cc1c(C(=O)Nc2cccc(Cn3ccccc3=O)c2)cc(C2CC2)n1C. The number of nitrogens with one attached hydrogen (secondary N) is 1. The molecule has 3 aromatic rings. The van der Waals surface area contributed by atoms with E-state index in [4.69, 9.17) is 0 Å². The molecule has 0 radical (unpaired) electrons. The average Bonchev–Trinajstić information content (AvgIpc) is 3.44. The van der Waals surface area contributed by atoms with Crippen molar-refractivity contribution in [2.45, 2.75) is 32.2 Å². The van der Waals surface area contributed by atoms with Gasteiger partial charge in [0.15, 0.2) is 0 Å². The summed E-state index contributed by atoms with van der Waals surface area (Å²) in [6.07, 6.45) is 4.18. The lowest BCUT2D eigenvalue weighted by atomic mass is 10.1. The second-order valence-electron chi connectivity index (χ2n) is 7.22. The summed E-state index contributed by atoms with van der Waals surface area (Å²) in [5, 5.41) is 3.00. The van der Waals surface area contributed by atoms with Crippen molar-refractivity contribution in [1.82, 2.24) is 9.13 Å². The first-order valence-corrected chi connectivity index (χ1v) is 9.25. The summed E-state index contributed by atoms with van der Waals surface area (Å²) in [4.78, 5) is 24.7. The van der Waals surface area contributed by atoms with Crippen molar-refractivity contribution in [2.75, 3.05) is 5.32 Å². The Balaban J connectivity index is 1.53. The molecule has 27 heavy (non-hydrogen) atoms. The normalized spacial score (nSPS) is 13.6. The number of amides is 1. The number of rotatable bonds is 5. The highest BCUT2D eigenvalue weighted by Crippen LogP contribution is 2.41. The molecule has 0 spiro atoms. The van der Waals surface area contributed by atoms with Crippen molar-refractivity contribution >= 4 is 11.6 Å². The Kier molecular flexibility index (Phi) is 4.44. The molecule has 0 unspecified atom stereocenters. The largest absolute Gasteiger partial charge is 0.351 e. The van der Waals surface area contributed by atoms with E-state index in [9.17, 15) is 9.59 Å². The highest BCUT2D eigenvalue weighted by Gasteiger charge is 2.28. The highest BCUT2D eigenvalue weighted by molar-refractivity contribution is 6.05. The van der Waals surface area contributed by atoms with Crippen LogP contribution < -0.4 is 10.9 Å². The molecule has 2 aromatic heterocycles. The summed E-state index contributed by atoms with van der Waals surface area (Å²) >= 11 is 0. The van der Waals surface area contributed by atoms with E-state index in [0.29, 0.717) is 12.5 Å². The third-order valence-corrected chi connectivity index (χ3v) is 5.25. The topological polar surface area (TPSA) is 56.0 Å². The first-order valence-electron chi connectivity index (χ1n) is 9.25. The van der Waals surface area contributed by atoms with Crippen LogP contribution in [0, 0.1) is 6.92 Å². The molecule has 0 aliphatic heterocycles. The van der Waals surface area contributed by atoms with Crippen molar-refractivity contribution in [3.63, 3.8) is 0 Å². The molecule has 0 atom stereocenters. The monoisotopic (exact) mass is 361 g/mol. The molecule has 0 saturated heterocycles. The maximum absolute atomic E-state index is 12.8. The van der Waals surface area contributed by atoms with Crippen molar-refractivity contribution in [3.8, 4) is 0 Å². The van der Waals surface area contributed by atoms with E-state index < -0.39 is 0 Å². The lowest BCUT2D eigenvalue weighted by Crippen LogP contribution is -2.18. The highest BCUT2D eigenvalue weighted by atomic mass is 16.1. The zero-order valence-corrected chi connectivity index (χ0v) is 15.6. The Hall–Kier alpha value is -3.08. The van der Waals surface area contributed by atoms with Gasteiger partial charge in [-0.3, -0.25) is 9.59 Å². The first-order chi connectivity index (χ1) is 13.0. The molecule has 5 heteroatoms. The summed E-state index contributed by atoms with van der Waals surface area (Å²) < 4.78 is 3.77. The smallest absolute Gasteiger partial charge is 0.257 e. The molecule has 1 saturated carbocycles. The first kappa shape index (κ1) is 17.3. The number of carbonyl (C=O) groups excluding carboxylic acids is 1. The van der Waals surface area contributed by atoms with Crippen LogP contribution in [-0.2, 0) is 13.6 Å². The van der Waals surface area contributed by atoms with Crippen molar-refractivity contribution in [2.24, 2.45) is 7.05 Å². The van der Waals surface area contributed by atoms with Crippen LogP contribution in [-0.4, -0.2) is 15.0 Å². The molecule has 4 rings (SSSR count). The second-order valence-corrected chi connectivity index (χ2v) is 7.22. The van der Waals surface area contributed by atoms with Crippen molar-refractivity contribution in [3.05, 3.63) is 87.6 Å². The molecule has 138 valence electrons. The van der Waals surface area contributed by atoms with Gasteiger partial charge in [-0.15, -0.1) is 0 Å². The minimum absolute atomic E-state index is 0.0422. The summed E-state index contributed by atoms with van der Waals surface area (Å²) in [7, 11) is 2.03. The van der Waals surface area contributed by atoms with Crippen molar-refractivity contribution < 1.29 is 4.79 Å². The van der Waals surface area contributed by atoms with E-state index in [1.54, 1.807) is 22.9 Å². The van der Waals surface area contributed by atoms with Gasteiger partial charge in [0.1, 0.15) is 0 Å². The van der Waals surface area contributed by atoms with Gasteiger partial charge in [0.05, 0.1) is 12.1 Å². The Morgan fingerprint density at radius 3 is 2.70 bits per heavy atom. The lowest BCUT2D eigenvalue weighted by Gasteiger charge is -2.09. The predicted molar refractivity (Wildman–Crippen MR) is 106 cm³/mol. The maximum Gasteiger partial charge on any atom is 0.257 e. The minimum Gasteiger partial charge on any atom is -0.351 e. The molecule has 0 bridgehead atoms. The van der Waals surface area contributed by atoms with Crippen LogP contribution in [0.15, 0.2) is 59.5 Å².